The number of anilines is 2. The molecule has 0 spiro atoms. The Balaban J connectivity index is 2.07. The lowest BCUT2D eigenvalue weighted by atomic mass is 10.2. The van der Waals surface area contributed by atoms with E-state index in [1.54, 1.807) is 11.3 Å². The molecular formula is C12H13BrN2S. The van der Waals surface area contributed by atoms with Crippen molar-refractivity contribution in [2.75, 3.05) is 11.1 Å². The van der Waals surface area contributed by atoms with Gasteiger partial charge in [0.25, 0.3) is 0 Å². The van der Waals surface area contributed by atoms with Gasteiger partial charge < -0.3 is 11.1 Å². The molecule has 0 bridgehead atoms. The molecule has 4 heteroatoms. The van der Waals surface area contributed by atoms with Gasteiger partial charge in [-0.15, -0.1) is 11.3 Å². The highest BCUT2D eigenvalue weighted by atomic mass is 79.9. The molecule has 0 aliphatic carbocycles. The number of halogens is 1. The van der Waals surface area contributed by atoms with Crippen molar-refractivity contribution < 1.29 is 0 Å². The lowest BCUT2D eigenvalue weighted by Gasteiger charge is -2.09. The zero-order chi connectivity index (χ0) is 11.5. The monoisotopic (exact) mass is 296 g/mol. The number of hydrogen-bond donors (Lipinski definition) is 2. The van der Waals surface area contributed by atoms with Gasteiger partial charge in [0.15, 0.2) is 0 Å². The summed E-state index contributed by atoms with van der Waals surface area (Å²) in [5, 5.41) is 3.35. The van der Waals surface area contributed by atoms with Crippen molar-refractivity contribution in [3.05, 3.63) is 44.6 Å². The smallest absolute Gasteiger partial charge is 0.0702 e. The molecule has 0 saturated carbocycles. The van der Waals surface area contributed by atoms with Crippen LogP contribution >= 0.6 is 27.3 Å². The first-order valence-electron chi connectivity index (χ1n) is 5.00. The van der Waals surface area contributed by atoms with Gasteiger partial charge in [0.1, 0.15) is 0 Å². The van der Waals surface area contributed by atoms with E-state index >= 15 is 0 Å². The molecule has 0 fully saturated rings. The number of aryl methyl sites for hydroxylation is 1. The van der Waals surface area contributed by atoms with E-state index in [1.807, 2.05) is 25.1 Å². The standard InChI is InChI=1S/C12H13BrN2S/c1-8-3-2-4-10(12(8)14)15-7-9-5-6-11(13)16-9/h2-6,15H,7,14H2,1H3. The van der Waals surface area contributed by atoms with Gasteiger partial charge in [0, 0.05) is 11.4 Å². The maximum Gasteiger partial charge on any atom is 0.0702 e. The summed E-state index contributed by atoms with van der Waals surface area (Å²) in [5.74, 6) is 0. The maximum absolute atomic E-state index is 5.98. The zero-order valence-corrected chi connectivity index (χ0v) is 11.4. The molecule has 2 aromatic rings. The SMILES string of the molecule is Cc1cccc(NCc2ccc(Br)s2)c1N. The molecule has 0 saturated heterocycles. The molecule has 2 rings (SSSR count). The largest absolute Gasteiger partial charge is 0.397 e. The van der Waals surface area contributed by atoms with E-state index in [-0.39, 0.29) is 0 Å². The second-order valence-corrected chi connectivity index (χ2v) is 6.14. The van der Waals surface area contributed by atoms with Crippen molar-refractivity contribution in [1.82, 2.24) is 0 Å². The Morgan fingerprint density at radius 1 is 1.31 bits per heavy atom. The minimum absolute atomic E-state index is 0.809. The number of para-hydroxylation sites is 1. The van der Waals surface area contributed by atoms with Gasteiger partial charge in [-0.3, -0.25) is 0 Å². The summed E-state index contributed by atoms with van der Waals surface area (Å²) in [5.41, 5.74) is 8.93. The molecule has 0 aliphatic heterocycles. The van der Waals surface area contributed by atoms with Crippen molar-refractivity contribution in [1.29, 1.82) is 0 Å². The van der Waals surface area contributed by atoms with Crippen LogP contribution in [0.3, 0.4) is 0 Å². The van der Waals surface area contributed by atoms with E-state index in [4.69, 9.17) is 5.73 Å². The second-order valence-electron chi connectivity index (χ2n) is 3.60. The molecule has 0 amide bonds. The van der Waals surface area contributed by atoms with Crippen molar-refractivity contribution in [3.8, 4) is 0 Å². The van der Waals surface area contributed by atoms with Crippen LogP contribution in [0.25, 0.3) is 0 Å². The molecule has 1 aromatic heterocycles. The predicted octanol–water partition coefficient (Wildman–Crippen LogP) is 4.01. The average molecular weight is 297 g/mol. The van der Waals surface area contributed by atoms with Crippen molar-refractivity contribution in [3.63, 3.8) is 0 Å². The number of benzene rings is 1. The third-order valence-electron chi connectivity index (χ3n) is 2.41. The minimum Gasteiger partial charge on any atom is -0.397 e. The van der Waals surface area contributed by atoms with Crippen LogP contribution in [0.4, 0.5) is 11.4 Å². The zero-order valence-electron chi connectivity index (χ0n) is 8.96. The van der Waals surface area contributed by atoms with Crippen LogP contribution < -0.4 is 11.1 Å². The van der Waals surface area contributed by atoms with E-state index < -0.39 is 0 Å². The summed E-state index contributed by atoms with van der Waals surface area (Å²) in [7, 11) is 0. The Labute approximate surface area is 108 Å². The van der Waals surface area contributed by atoms with Crippen molar-refractivity contribution in [2.45, 2.75) is 13.5 Å². The minimum atomic E-state index is 0.809. The molecule has 16 heavy (non-hydrogen) atoms. The highest BCUT2D eigenvalue weighted by molar-refractivity contribution is 9.11. The molecule has 1 aromatic carbocycles. The van der Waals surface area contributed by atoms with Gasteiger partial charge in [-0.2, -0.15) is 0 Å². The lowest BCUT2D eigenvalue weighted by Crippen LogP contribution is -2.02. The van der Waals surface area contributed by atoms with Gasteiger partial charge in [0.05, 0.1) is 15.2 Å². The Morgan fingerprint density at radius 2 is 2.12 bits per heavy atom. The van der Waals surface area contributed by atoms with Crippen LogP contribution in [0, 0.1) is 6.92 Å². The van der Waals surface area contributed by atoms with Gasteiger partial charge in [-0.1, -0.05) is 12.1 Å². The van der Waals surface area contributed by atoms with E-state index in [0.29, 0.717) is 0 Å². The molecule has 0 aliphatic rings. The van der Waals surface area contributed by atoms with Crippen LogP contribution in [-0.4, -0.2) is 0 Å². The Kier molecular flexibility index (Phi) is 3.51. The fourth-order valence-corrected chi connectivity index (χ4v) is 2.89. The molecule has 2 nitrogen and oxygen atoms in total. The second kappa shape index (κ2) is 4.89. The Hall–Kier alpha value is -1.00. The van der Waals surface area contributed by atoms with E-state index in [9.17, 15) is 0 Å². The van der Waals surface area contributed by atoms with Crippen LogP contribution in [0.2, 0.25) is 0 Å². The van der Waals surface area contributed by atoms with Crippen LogP contribution in [0.15, 0.2) is 34.1 Å². The number of nitrogens with one attached hydrogen (secondary N) is 1. The van der Waals surface area contributed by atoms with E-state index in [1.165, 1.54) is 4.88 Å². The molecule has 1 heterocycles. The third kappa shape index (κ3) is 2.57. The first kappa shape index (κ1) is 11.5. The van der Waals surface area contributed by atoms with Gasteiger partial charge in [-0.25, -0.2) is 0 Å². The highest BCUT2D eigenvalue weighted by Gasteiger charge is 2.02. The number of rotatable bonds is 3. The number of hydrogen-bond acceptors (Lipinski definition) is 3. The highest BCUT2D eigenvalue weighted by Crippen LogP contribution is 2.25. The van der Waals surface area contributed by atoms with Crippen molar-refractivity contribution in [2.24, 2.45) is 0 Å². The lowest BCUT2D eigenvalue weighted by molar-refractivity contribution is 1.19. The molecular weight excluding hydrogens is 284 g/mol. The third-order valence-corrected chi connectivity index (χ3v) is 4.03. The molecule has 0 atom stereocenters. The number of nitrogens with two attached hydrogens (primary N) is 1. The normalized spacial score (nSPS) is 10.4. The molecule has 0 radical (unpaired) electrons. The first-order chi connectivity index (χ1) is 7.66. The fourth-order valence-electron chi connectivity index (χ4n) is 1.46. The maximum atomic E-state index is 5.98. The topological polar surface area (TPSA) is 38.0 Å². The summed E-state index contributed by atoms with van der Waals surface area (Å²) in [6, 6.07) is 10.2. The van der Waals surface area contributed by atoms with Gasteiger partial charge >= 0.3 is 0 Å². The Bertz CT molecular complexity index is 494. The fraction of sp³-hybridized carbons (Fsp3) is 0.167. The van der Waals surface area contributed by atoms with Crippen molar-refractivity contribution >= 4 is 38.6 Å². The summed E-state index contributed by atoms with van der Waals surface area (Å²) in [6.45, 7) is 2.83. The average Bonchev–Trinajstić information content (AvgIpc) is 2.67. The summed E-state index contributed by atoms with van der Waals surface area (Å²) in [4.78, 5) is 1.28. The number of thiophene rings is 1. The van der Waals surface area contributed by atoms with Gasteiger partial charge in [0.2, 0.25) is 0 Å². The molecule has 3 N–H and O–H groups in total. The first-order valence-corrected chi connectivity index (χ1v) is 6.61. The number of nitrogen functional groups attached to an aromatic ring is 1. The van der Waals surface area contributed by atoms with Crippen LogP contribution in [0.5, 0.6) is 0 Å². The van der Waals surface area contributed by atoms with E-state index in [2.05, 4.69) is 33.4 Å². The summed E-state index contributed by atoms with van der Waals surface area (Å²) < 4.78 is 1.15. The Morgan fingerprint density at radius 3 is 2.81 bits per heavy atom. The summed E-state index contributed by atoms with van der Waals surface area (Å²) >= 11 is 5.18. The van der Waals surface area contributed by atoms with E-state index in [0.717, 1.165) is 27.3 Å². The summed E-state index contributed by atoms with van der Waals surface area (Å²) in [6.07, 6.45) is 0. The molecule has 84 valence electrons. The molecule has 0 unspecified atom stereocenters. The van der Waals surface area contributed by atoms with Crippen LogP contribution in [0.1, 0.15) is 10.4 Å². The van der Waals surface area contributed by atoms with Gasteiger partial charge in [-0.05, 0) is 46.6 Å². The quantitative estimate of drug-likeness (QED) is 0.840. The predicted molar refractivity (Wildman–Crippen MR) is 74.9 cm³/mol. The van der Waals surface area contributed by atoms with Crippen LogP contribution in [-0.2, 0) is 6.54 Å².